The minimum Gasteiger partial charge on any atom is -0.396 e. The van der Waals surface area contributed by atoms with E-state index in [2.05, 4.69) is 4.72 Å². The van der Waals surface area contributed by atoms with Gasteiger partial charge in [-0.3, -0.25) is 0 Å². The van der Waals surface area contributed by atoms with Gasteiger partial charge in [0.15, 0.2) is 0 Å². The summed E-state index contributed by atoms with van der Waals surface area (Å²) in [6.07, 6.45) is 0.282. The maximum Gasteiger partial charge on any atom is 0.242 e. The minimum absolute atomic E-state index is 0.00532. The van der Waals surface area contributed by atoms with Gasteiger partial charge in [-0.2, -0.15) is 0 Å². The fraction of sp³-hybridized carbons (Fsp3) is 0.500. The number of rotatable bonds is 6. The lowest BCUT2D eigenvalue weighted by Gasteiger charge is -2.21. The van der Waals surface area contributed by atoms with Gasteiger partial charge < -0.3 is 5.11 Å². The van der Waals surface area contributed by atoms with Crippen LogP contribution in [0.3, 0.4) is 0 Å². The Bertz CT molecular complexity index is 534. The lowest BCUT2D eigenvalue weighted by Crippen LogP contribution is -2.39. The van der Waals surface area contributed by atoms with Crippen molar-refractivity contribution in [2.75, 3.05) is 6.61 Å². The van der Waals surface area contributed by atoms with Crippen molar-refractivity contribution in [2.45, 2.75) is 31.2 Å². The summed E-state index contributed by atoms with van der Waals surface area (Å²) in [5, 5.41) is 8.89. The van der Waals surface area contributed by atoms with Gasteiger partial charge in [0.25, 0.3) is 0 Å². The van der Waals surface area contributed by atoms with E-state index in [4.69, 9.17) is 16.7 Å². The molecular formula is C12H17ClFNO3S. The molecule has 0 heterocycles. The van der Waals surface area contributed by atoms with Crippen molar-refractivity contribution in [3.8, 4) is 0 Å². The lowest BCUT2D eigenvalue weighted by molar-refractivity contribution is 0.256. The molecule has 0 aliphatic carbocycles. The molecule has 4 nitrogen and oxygen atoms in total. The molecular weight excluding hydrogens is 293 g/mol. The highest BCUT2D eigenvalue weighted by Gasteiger charge is 2.24. The van der Waals surface area contributed by atoms with Crippen LogP contribution in [0.5, 0.6) is 0 Å². The molecule has 19 heavy (non-hydrogen) atoms. The molecule has 108 valence electrons. The number of sulfonamides is 1. The second-order valence-electron chi connectivity index (χ2n) is 4.56. The smallest absolute Gasteiger partial charge is 0.242 e. The van der Waals surface area contributed by atoms with E-state index < -0.39 is 21.9 Å². The molecule has 7 heteroatoms. The van der Waals surface area contributed by atoms with E-state index in [-0.39, 0.29) is 28.9 Å². The van der Waals surface area contributed by atoms with E-state index in [0.29, 0.717) is 0 Å². The molecule has 1 aromatic rings. The molecule has 0 aromatic heterocycles. The Hall–Kier alpha value is -0.690. The third-order valence-corrected chi connectivity index (χ3v) is 4.71. The molecule has 2 N–H and O–H groups in total. The summed E-state index contributed by atoms with van der Waals surface area (Å²) < 4.78 is 39.9. The van der Waals surface area contributed by atoms with Crippen LogP contribution in [0, 0.1) is 11.7 Å². The first-order valence-corrected chi connectivity index (χ1v) is 7.72. The molecule has 0 fully saturated rings. The number of hydrogen-bond donors (Lipinski definition) is 2. The van der Waals surface area contributed by atoms with E-state index in [1.54, 1.807) is 0 Å². The molecule has 0 aliphatic rings. The van der Waals surface area contributed by atoms with Crippen LogP contribution in [0.4, 0.5) is 4.39 Å². The van der Waals surface area contributed by atoms with Crippen LogP contribution in [-0.4, -0.2) is 26.2 Å². The SMILES string of the molecule is CC(C)C(CCO)NS(=O)(=O)c1cc(F)ccc1Cl. The summed E-state index contributed by atoms with van der Waals surface area (Å²) in [5.74, 6) is -0.678. The fourth-order valence-corrected chi connectivity index (χ4v) is 3.54. The quantitative estimate of drug-likeness (QED) is 0.846. The Kier molecular flexibility index (Phi) is 5.73. The summed E-state index contributed by atoms with van der Waals surface area (Å²) >= 11 is 5.79. The van der Waals surface area contributed by atoms with Crippen LogP contribution >= 0.6 is 11.6 Å². The summed E-state index contributed by atoms with van der Waals surface area (Å²) in [6, 6.07) is 2.73. The Morgan fingerprint density at radius 1 is 1.42 bits per heavy atom. The Morgan fingerprint density at radius 3 is 2.58 bits per heavy atom. The summed E-state index contributed by atoms with van der Waals surface area (Å²) in [7, 11) is -3.91. The molecule has 0 spiro atoms. The minimum atomic E-state index is -3.91. The maximum atomic E-state index is 13.1. The van der Waals surface area contributed by atoms with Crippen molar-refractivity contribution >= 4 is 21.6 Å². The Labute approximate surface area is 117 Å². The van der Waals surface area contributed by atoms with E-state index in [1.165, 1.54) is 6.07 Å². The molecule has 0 amide bonds. The molecule has 1 rings (SSSR count). The van der Waals surface area contributed by atoms with Gasteiger partial charge in [-0.05, 0) is 30.5 Å². The van der Waals surface area contributed by atoms with E-state index >= 15 is 0 Å². The predicted molar refractivity (Wildman–Crippen MR) is 72.1 cm³/mol. The Balaban J connectivity index is 3.06. The highest BCUT2D eigenvalue weighted by Crippen LogP contribution is 2.23. The van der Waals surface area contributed by atoms with E-state index in [1.807, 2.05) is 13.8 Å². The van der Waals surface area contributed by atoms with Crippen molar-refractivity contribution in [1.82, 2.24) is 4.72 Å². The highest BCUT2D eigenvalue weighted by atomic mass is 35.5. The molecule has 1 unspecified atom stereocenters. The first-order chi connectivity index (χ1) is 8.77. The zero-order chi connectivity index (χ0) is 14.6. The lowest BCUT2D eigenvalue weighted by atomic mass is 10.0. The zero-order valence-corrected chi connectivity index (χ0v) is 12.3. The van der Waals surface area contributed by atoms with Gasteiger partial charge in [0.2, 0.25) is 10.0 Å². The van der Waals surface area contributed by atoms with Gasteiger partial charge in [0, 0.05) is 12.6 Å². The Morgan fingerprint density at radius 2 is 2.05 bits per heavy atom. The third-order valence-electron chi connectivity index (χ3n) is 2.73. The highest BCUT2D eigenvalue weighted by molar-refractivity contribution is 7.89. The number of hydrogen-bond acceptors (Lipinski definition) is 3. The predicted octanol–water partition coefficient (Wildman–Crippen LogP) is 2.16. The number of nitrogens with one attached hydrogen (secondary N) is 1. The monoisotopic (exact) mass is 309 g/mol. The first kappa shape index (κ1) is 16.4. The zero-order valence-electron chi connectivity index (χ0n) is 10.7. The van der Waals surface area contributed by atoms with Crippen molar-refractivity contribution in [3.05, 3.63) is 29.0 Å². The van der Waals surface area contributed by atoms with Gasteiger partial charge in [-0.15, -0.1) is 0 Å². The van der Waals surface area contributed by atoms with Crippen molar-refractivity contribution < 1.29 is 17.9 Å². The number of aliphatic hydroxyl groups is 1. The molecule has 0 aliphatic heterocycles. The van der Waals surface area contributed by atoms with Crippen molar-refractivity contribution in [2.24, 2.45) is 5.92 Å². The molecule has 0 saturated heterocycles. The molecule has 0 bridgehead atoms. The van der Waals surface area contributed by atoms with Crippen LogP contribution in [0.1, 0.15) is 20.3 Å². The van der Waals surface area contributed by atoms with Crippen molar-refractivity contribution in [1.29, 1.82) is 0 Å². The van der Waals surface area contributed by atoms with Gasteiger partial charge in [0.1, 0.15) is 10.7 Å². The third kappa shape index (κ3) is 4.42. The molecule has 1 atom stereocenters. The van der Waals surface area contributed by atoms with Gasteiger partial charge >= 0.3 is 0 Å². The topological polar surface area (TPSA) is 66.4 Å². The summed E-state index contributed by atoms with van der Waals surface area (Å²) in [5.41, 5.74) is 0. The van der Waals surface area contributed by atoms with Crippen molar-refractivity contribution in [3.63, 3.8) is 0 Å². The first-order valence-electron chi connectivity index (χ1n) is 5.86. The largest absolute Gasteiger partial charge is 0.396 e. The second kappa shape index (κ2) is 6.65. The molecule has 1 aromatic carbocycles. The molecule has 0 radical (unpaired) electrons. The van der Waals surface area contributed by atoms with Crippen LogP contribution in [0.25, 0.3) is 0 Å². The van der Waals surface area contributed by atoms with E-state index in [0.717, 1.165) is 12.1 Å². The van der Waals surface area contributed by atoms with Gasteiger partial charge in [-0.1, -0.05) is 25.4 Å². The van der Waals surface area contributed by atoms with Crippen LogP contribution in [-0.2, 0) is 10.0 Å². The normalized spacial score (nSPS) is 13.8. The second-order valence-corrected chi connectivity index (χ2v) is 6.65. The maximum absolute atomic E-state index is 13.1. The standard InChI is InChI=1S/C12H17ClFNO3S/c1-8(2)11(5-6-16)15-19(17,18)12-7-9(14)3-4-10(12)13/h3-4,7-8,11,15-16H,5-6H2,1-2H3. The van der Waals surface area contributed by atoms with Gasteiger partial charge in [0.05, 0.1) is 5.02 Å². The summed E-state index contributed by atoms with van der Waals surface area (Å²) in [4.78, 5) is -0.294. The number of aliphatic hydroxyl groups excluding tert-OH is 1. The average Bonchev–Trinajstić information content (AvgIpc) is 2.31. The fourth-order valence-electron chi connectivity index (χ4n) is 1.61. The average molecular weight is 310 g/mol. The summed E-state index contributed by atoms with van der Waals surface area (Å²) in [6.45, 7) is 3.52. The molecule has 0 saturated carbocycles. The number of halogens is 2. The van der Waals surface area contributed by atoms with Gasteiger partial charge in [-0.25, -0.2) is 17.5 Å². The van der Waals surface area contributed by atoms with Crippen LogP contribution in [0.2, 0.25) is 5.02 Å². The van der Waals surface area contributed by atoms with Crippen LogP contribution < -0.4 is 4.72 Å². The number of benzene rings is 1. The van der Waals surface area contributed by atoms with E-state index in [9.17, 15) is 12.8 Å². The van der Waals surface area contributed by atoms with Crippen LogP contribution in [0.15, 0.2) is 23.1 Å².